The number of carbonyl (C=O) groups is 1. The molecule has 1 aliphatic rings. The van der Waals surface area contributed by atoms with Crippen LogP contribution in [-0.2, 0) is 4.79 Å². The van der Waals surface area contributed by atoms with Crippen LogP contribution in [0.2, 0.25) is 0 Å². The molecule has 0 spiro atoms. The van der Waals surface area contributed by atoms with Gasteiger partial charge in [-0.15, -0.1) is 0 Å². The Kier molecular flexibility index (Phi) is 3.90. The number of halogens is 1. The summed E-state index contributed by atoms with van der Waals surface area (Å²) in [4.78, 5) is 11.3. The molecule has 1 N–H and O–H groups in total. The van der Waals surface area contributed by atoms with E-state index in [4.69, 9.17) is 0 Å². The highest BCUT2D eigenvalue weighted by atomic mass is 79.9. The maximum Gasteiger partial charge on any atom is 0.230 e. The van der Waals surface area contributed by atoms with E-state index in [2.05, 4.69) is 21.2 Å². The number of hydrogen-bond donors (Lipinski definition) is 1. The molecule has 1 fully saturated rings. The Morgan fingerprint density at radius 3 is 2.67 bits per heavy atom. The Labute approximate surface area is 86.0 Å². The Balaban J connectivity index is 2.32. The molecular weight excluding hydrogens is 238 g/mol. The molecule has 1 amide bonds. The summed E-state index contributed by atoms with van der Waals surface area (Å²) in [6, 6.07) is 0. The molecule has 1 aliphatic carbocycles. The third-order valence-corrected chi connectivity index (χ3v) is 3.87. The zero-order valence-electron chi connectivity index (χ0n) is 7.23. The van der Waals surface area contributed by atoms with Gasteiger partial charge < -0.3 is 5.32 Å². The minimum absolute atomic E-state index is 0.0901. The van der Waals surface area contributed by atoms with Crippen LogP contribution in [0.25, 0.3) is 0 Å². The molecule has 0 aliphatic heterocycles. The lowest BCUT2D eigenvalue weighted by molar-refractivity contribution is -0.121. The SMILES string of the molecule is CSCC(=O)NC1(CBr)CCC1. The molecule has 0 bridgehead atoms. The van der Waals surface area contributed by atoms with Crippen molar-refractivity contribution in [3.05, 3.63) is 0 Å². The van der Waals surface area contributed by atoms with Gasteiger partial charge in [-0.25, -0.2) is 0 Å². The van der Waals surface area contributed by atoms with Gasteiger partial charge >= 0.3 is 0 Å². The molecular formula is C8H14BrNOS. The van der Waals surface area contributed by atoms with Gasteiger partial charge in [0.1, 0.15) is 0 Å². The predicted molar refractivity (Wildman–Crippen MR) is 56.9 cm³/mol. The lowest BCUT2D eigenvalue weighted by Gasteiger charge is -2.41. The van der Waals surface area contributed by atoms with Crippen molar-refractivity contribution in [3.8, 4) is 0 Å². The number of amides is 1. The van der Waals surface area contributed by atoms with E-state index in [1.54, 1.807) is 11.8 Å². The van der Waals surface area contributed by atoms with Crippen LogP contribution in [-0.4, -0.2) is 28.8 Å². The van der Waals surface area contributed by atoms with Crippen LogP contribution in [0.4, 0.5) is 0 Å². The van der Waals surface area contributed by atoms with Gasteiger partial charge in [-0.05, 0) is 25.5 Å². The second-order valence-corrected chi connectivity index (χ2v) is 4.68. The zero-order valence-corrected chi connectivity index (χ0v) is 9.63. The standard InChI is InChI=1S/C8H14BrNOS/c1-12-5-7(11)10-8(6-9)3-2-4-8/h2-6H2,1H3,(H,10,11). The second-order valence-electron chi connectivity index (χ2n) is 3.25. The maximum absolute atomic E-state index is 11.3. The van der Waals surface area contributed by atoms with Gasteiger partial charge in [0.25, 0.3) is 0 Å². The monoisotopic (exact) mass is 251 g/mol. The fourth-order valence-corrected chi connectivity index (χ4v) is 2.39. The fourth-order valence-electron chi connectivity index (χ4n) is 1.36. The van der Waals surface area contributed by atoms with Crippen LogP contribution in [0.15, 0.2) is 0 Å². The quantitative estimate of drug-likeness (QED) is 0.773. The van der Waals surface area contributed by atoms with E-state index in [1.165, 1.54) is 6.42 Å². The zero-order chi connectivity index (χ0) is 9.03. The van der Waals surface area contributed by atoms with E-state index in [1.807, 2.05) is 6.26 Å². The highest BCUT2D eigenvalue weighted by molar-refractivity contribution is 9.09. The van der Waals surface area contributed by atoms with E-state index in [-0.39, 0.29) is 11.4 Å². The molecule has 1 rings (SSSR count). The molecule has 0 heterocycles. The van der Waals surface area contributed by atoms with E-state index in [9.17, 15) is 4.79 Å². The average Bonchev–Trinajstić information content (AvgIpc) is 1.97. The van der Waals surface area contributed by atoms with E-state index in [0.29, 0.717) is 5.75 Å². The van der Waals surface area contributed by atoms with Crippen LogP contribution in [0.3, 0.4) is 0 Å². The molecule has 0 unspecified atom stereocenters. The van der Waals surface area contributed by atoms with Crippen molar-refractivity contribution < 1.29 is 4.79 Å². The first-order chi connectivity index (χ1) is 5.72. The molecule has 0 radical (unpaired) electrons. The van der Waals surface area contributed by atoms with Gasteiger partial charge in [-0.1, -0.05) is 15.9 Å². The third kappa shape index (κ3) is 2.39. The van der Waals surface area contributed by atoms with Crippen LogP contribution < -0.4 is 5.32 Å². The Morgan fingerprint density at radius 1 is 1.67 bits per heavy atom. The molecule has 0 aromatic rings. The number of thioether (sulfide) groups is 1. The van der Waals surface area contributed by atoms with Crippen molar-refractivity contribution in [2.45, 2.75) is 24.8 Å². The summed E-state index contributed by atoms with van der Waals surface area (Å²) in [6.45, 7) is 0. The fraction of sp³-hybridized carbons (Fsp3) is 0.875. The topological polar surface area (TPSA) is 29.1 Å². The lowest BCUT2D eigenvalue weighted by atomic mass is 9.78. The number of rotatable bonds is 4. The van der Waals surface area contributed by atoms with Crippen molar-refractivity contribution in [2.24, 2.45) is 0 Å². The Morgan fingerprint density at radius 2 is 2.33 bits per heavy atom. The van der Waals surface area contributed by atoms with Crippen molar-refractivity contribution in [3.63, 3.8) is 0 Å². The summed E-state index contributed by atoms with van der Waals surface area (Å²) in [5.41, 5.74) is 0.0901. The van der Waals surface area contributed by atoms with Gasteiger partial charge in [-0.2, -0.15) is 11.8 Å². The highest BCUT2D eigenvalue weighted by Crippen LogP contribution is 2.33. The third-order valence-electron chi connectivity index (χ3n) is 2.25. The van der Waals surface area contributed by atoms with Gasteiger partial charge in [0.05, 0.1) is 5.75 Å². The molecule has 2 nitrogen and oxygen atoms in total. The summed E-state index contributed by atoms with van der Waals surface area (Å²) < 4.78 is 0. The van der Waals surface area contributed by atoms with E-state index in [0.717, 1.165) is 18.2 Å². The molecule has 12 heavy (non-hydrogen) atoms. The van der Waals surface area contributed by atoms with Crippen molar-refractivity contribution >= 4 is 33.6 Å². The maximum atomic E-state index is 11.3. The number of alkyl halides is 1. The lowest BCUT2D eigenvalue weighted by Crippen LogP contribution is -2.55. The van der Waals surface area contributed by atoms with Crippen LogP contribution in [0, 0.1) is 0 Å². The summed E-state index contributed by atoms with van der Waals surface area (Å²) in [7, 11) is 0. The number of hydrogen-bond acceptors (Lipinski definition) is 2. The smallest absolute Gasteiger partial charge is 0.230 e. The number of nitrogens with one attached hydrogen (secondary N) is 1. The van der Waals surface area contributed by atoms with Crippen LogP contribution in [0.1, 0.15) is 19.3 Å². The molecule has 0 atom stereocenters. The van der Waals surface area contributed by atoms with Gasteiger partial charge in [0.2, 0.25) is 5.91 Å². The normalized spacial score (nSPS) is 19.8. The molecule has 0 saturated heterocycles. The summed E-state index contributed by atoms with van der Waals surface area (Å²) in [6.07, 6.45) is 5.43. The largest absolute Gasteiger partial charge is 0.349 e. The van der Waals surface area contributed by atoms with Gasteiger partial charge in [0, 0.05) is 10.9 Å². The average molecular weight is 252 g/mol. The number of carbonyl (C=O) groups excluding carboxylic acids is 1. The van der Waals surface area contributed by atoms with Crippen LogP contribution in [0.5, 0.6) is 0 Å². The minimum atomic E-state index is 0.0901. The first-order valence-electron chi connectivity index (χ1n) is 4.08. The Hall–Kier alpha value is 0.300. The summed E-state index contributed by atoms with van der Waals surface area (Å²) in [5.74, 6) is 0.746. The molecule has 0 aromatic heterocycles. The first-order valence-corrected chi connectivity index (χ1v) is 6.60. The first kappa shape index (κ1) is 10.4. The molecule has 1 saturated carbocycles. The van der Waals surface area contributed by atoms with Crippen molar-refractivity contribution in [2.75, 3.05) is 17.3 Å². The molecule has 4 heteroatoms. The Bertz CT molecular complexity index is 165. The molecule has 0 aromatic carbocycles. The molecule has 70 valence electrons. The van der Waals surface area contributed by atoms with Crippen molar-refractivity contribution in [1.82, 2.24) is 5.32 Å². The highest BCUT2D eigenvalue weighted by Gasteiger charge is 2.36. The summed E-state index contributed by atoms with van der Waals surface area (Å²) >= 11 is 5.01. The minimum Gasteiger partial charge on any atom is -0.349 e. The van der Waals surface area contributed by atoms with Gasteiger partial charge in [0.15, 0.2) is 0 Å². The summed E-state index contributed by atoms with van der Waals surface area (Å²) in [5, 5.41) is 3.96. The van der Waals surface area contributed by atoms with E-state index >= 15 is 0 Å². The predicted octanol–water partition coefficient (Wildman–Crippen LogP) is 1.78. The van der Waals surface area contributed by atoms with Crippen molar-refractivity contribution in [1.29, 1.82) is 0 Å². The van der Waals surface area contributed by atoms with Gasteiger partial charge in [-0.3, -0.25) is 4.79 Å². The van der Waals surface area contributed by atoms with E-state index < -0.39 is 0 Å². The second kappa shape index (κ2) is 4.51. The van der Waals surface area contributed by atoms with Crippen LogP contribution >= 0.6 is 27.7 Å².